The maximum Gasteiger partial charge on any atom is 0.261 e. The van der Waals surface area contributed by atoms with Crippen molar-refractivity contribution in [3.05, 3.63) is 65.1 Å². The lowest BCUT2D eigenvalue weighted by Crippen LogP contribution is -2.36. The number of anilines is 4. The summed E-state index contributed by atoms with van der Waals surface area (Å²) >= 11 is 5.70. The molecule has 3 aromatic rings. The molecule has 11 heteroatoms. The first-order valence-electron chi connectivity index (χ1n) is 9.83. The number of ether oxygens (including phenoxy) is 1. The number of aromatic nitrogens is 2. The Kier molecular flexibility index (Phi) is 6.45. The lowest BCUT2D eigenvalue weighted by atomic mass is 10.3. The monoisotopic (exact) mass is 477 g/mol. The molecule has 2 heterocycles. The number of aryl methyl sites for hydroxylation is 1. The van der Waals surface area contributed by atoms with Gasteiger partial charge in [-0.2, -0.15) is 4.98 Å². The van der Waals surface area contributed by atoms with E-state index in [0.29, 0.717) is 30.5 Å². The number of sulfonamides is 1. The van der Waals surface area contributed by atoms with Crippen molar-refractivity contribution in [3.63, 3.8) is 0 Å². The number of hydrogen-bond donors (Lipinski definition) is 2. The molecule has 4 rings (SSSR count). The Morgan fingerprint density at radius 2 is 1.72 bits per heavy atom. The van der Waals surface area contributed by atoms with Gasteiger partial charge in [-0.15, -0.1) is 0 Å². The molecular weight excluding hydrogens is 457 g/mol. The number of nitrogens with one attached hydrogen (secondary N) is 2. The highest BCUT2D eigenvalue weighted by Gasteiger charge is 2.17. The van der Waals surface area contributed by atoms with Crippen LogP contribution in [0.3, 0.4) is 0 Å². The molecule has 2 N–H and O–H groups in total. The number of nitrogens with zero attached hydrogens (tertiary/aromatic N) is 3. The van der Waals surface area contributed by atoms with Gasteiger partial charge in [0.1, 0.15) is 11.6 Å². The minimum Gasteiger partial charge on any atom is -0.378 e. The maximum absolute atomic E-state index is 13.3. The highest BCUT2D eigenvalue weighted by molar-refractivity contribution is 7.92. The molecule has 1 aromatic heterocycles. The lowest BCUT2D eigenvalue weighted by Gasteiger charge is -2.28. The molecule has 0 aliphatic carbocycles. The second-order valence-electron chi connectivity index (χ2n) is 7.17. The third-order valence-electron chi connectivity index (χ3n) is 4.77. The van der Waals surface area contributed by atoms with E-state index < -0.39 is 15.8 Å². The average molecular weight is 478 g/mol. The Morgan fingerprint density at radius 1 is 1.03 bits per heavy atom. The van der Waals surface area contributed by atoms with Crippen molar-refractivity contribution in [3.8, 4) is 0 Å². The first-order chi connectivity index (χ1) is 15.3. The zero-order chi connectivity index (χ0) is 22.7. The van der Waals surface area contributed by atoms with Crippen molar-refractivity contribution >= 4 is 44.8 Å². The summed E-state index contributed by atoms with van der Waals surface area (Å²) in [6, 6.07) is 11.8. The van der Waals surface area contributed by atoms with Gasteiger partial charge < -0.3 is 15.0 Å². The largest absolute Gasteiger partial charge is 0.378 e. The fraction of sp³-hybridized carbons (Fsp3) is 0.238. The smallest absolute Gasteiger partial charge is 0.261 e. The SMILES string of the molecule is Cc1cc(N2CCOCC2)nc(Nc2ccc(NS(=O)(=O)c3ccc(F)c(Cl)c3)cc2)n1. The van der Waals surface area contributed by atoms with E-state index in [1.54, 1.807) is 24.3 Å². The standard InChI is InChI=1S/C21H21ClFN5O3S/c1-14-12-20(28-8-10-31-11-9-28)26-21(24-14)25-15-2-4-16(5-3-15)27-32(29,30)17-6-7-19(23)18(22)13-17/h2-7,12-13,27H,8-11H2,1H3,(H,24,25,26). The summed E-state index contributed by atoms with van der Waals surface area (Å²) in [6.45, 7) is 4.75. The summed E-state index contributed by atoms with van der Waals surface area (Å²) in [5.74, 6) is 0.586. The van der Waals surface area contributed by atoms with E-state index >= 15 is 0 Å². The van der Waals surface area contributed by atoms with Crippen LogP contribution in [0.25, 0.3) is 0 Å². The van der Waals surface area contributed by atoms with E-state index in [1.165, 1.54) is 0 Å². The number of morpholine rings is 1. The topological polar surface area (TPSA) is 96.5 Å². The third-order valence-corrected chi connectivity index (χ3v) is 6.44. The zero-order valence-corrected chi connectivity index (χ0v) is 18.8. The van der Waals surface area contributed by atoms with Gasteiger partial charge in [0.15, 0.2) is 0 Å². The molecule has 1 fully saturated rings. The first-order valence-corrected chi connectivity index (χ1v) is 11.7. The van der Waals surface area contributed by atoms with Crippen LogP contribution in [0.15, 0.2) is 53.4 Å². The molecule has 168 valence electrons. The second kappa shape index (κ2) is 9.27. The van der Waals surface area contributed by atoms with Crippen LogP contribution < -0.4 is 14.9 Å². The van der Waals surface area contributed by atoms with E-state index in [-0.39, 0.29) is 9.92 Å². The van der Waals surface area contributed by atoms with Crippen LogP contribution in [-0.2, 0) is 14.8 Å². The summed E-state index contributed by atoms with van der Waals surface area (Å²) in [5, 5.41) is 2.88. The van der Waals surface area contributed by atoms with E-state index in [2.05, 4.69) is 24.9 Å². The zero-order valence-electron chi connectivity index (χ0n) is 17.2. The van der Waals surface area contributed by atoms with E-state index in [1.807, 2.05) is 13.0 Å². The second-order valence-corrected chi connectivity index (χ2v) is 9.26. The minimum absolute atomic E-state index is 0.130. The third kappa shape index (κ3) is 5.26. The normalized spacial score (nSPS) is 14.3. The Bertz CT molecular complexity index is 1220. The summed E-state index contributed by atoms with van der Waals surface area (Å²) in [7, 11) is -3.91. The van der Waals surface area contributed by atoms with Crippen molar-refractivity contribution in [2.45, 2.75) is 11.8 Å². The molecule has 0 bridgehead atoms. The van der Waals surface area contributed by atoms with Gasteiger partial charge in [-0.1, -0.05) is 11.6 Å². The summed E-state index contributed by atoms with van der Waals surface area (Å²) in [6.07, 6.45) is 0. The Balaban J connectivity index is 1.47. The van der Waals surface area contributed by atoms with Crippen LogP contribution in [0.4, 0.5) is 27.5 Å². The maximum atomic E-state index is 13.3. The van der Waals surface area contributed by atoms with Crippen molar-refractivity contribution in [1.82, 2.24) is 9.97 Å². The Labute approximate surface area is 190 Å². The molecule has 0 radical (unpaired) electrons. The molecule has 0 spiro atoms. The summed E-state index contributed by atoms with van der Waals surface area (Å²) in [4.78, 5) is 11.0. The number of hydrogen-bond acceptors (Lipinski definition) is 7. The number of halogens is 2. The molecule has 1 aliphatic heterocycles. The van der Waals surface area contributed by atoms with Gasteiger partial charge in [0.25, 0.3) is 10.0 Å². The van der Waals surface area contributed by atoms with Crippen LogP contribution in [-0.4, -0.2) is 44.7 Å². The minimum atomic E-state index is -3.91. The average Bonchev–Trinajstić information content (AvgIpc) is 2.77. The summed E-state index contributed by atoms with van der Waals surface area (Å²) in [5.41, 5.74) is 1.86. The van der Waals surface area contributed by atoms with E-state index in [9.17, 15) is 12.8 Å². The van der Waals surface area contributed by atoms with Crippen molar-refractivity contribution < 1.29 is 17.5 Å². The molecular formula is C21H21ClFN5O3S. The fourth-order valence-corrected chi connectivity index (χ4v) is 4.50. The molecule has 8 nitrogen and oxygen atoms in total. The van der Waals surface area contributed by atoms with Crippen LogP contribution in [0.5, 0.6) is 0 Å². The molecule has 0 unspecified atom stereocenters. The van der Waals surface area contributed by atoms with Gasteiger partial charge >= 0.3 is 0 Å². The van der Waals surface area contributed by atoms with Crippen molar-refractivity contribution in [1.29, 1.82) is 0 Å². The molecule has 1 saturated heterocycles. The molecule has 0 atom stereocenters. The predicted octanol–water partition coefficient (Wildman–Crippen LogP) is 3.96. The quantitative estimate of drug-likeness (QED) is 0.554. The van der Waals surface area contributed by atoms with E-state index in [4.69, 9.17) is 16.3 Å². The van der Waals surface area contributed by atoms with E-state index in [0.717, 1.165) is 42.8 Å². The van der Waals surface area contributed by atoms with Crippen molar-refractivity contribution in [2.24, 2.45) is 0 Å². The van der Waals surface area contributed by atoms with Crippen LogP contribution >= 0.6 is 11.6 Å². The Morgan fingerprint density at radius 3 is 2.41 bits per heavy atom. The highest BCUT2D eigenvalue weighted by atomic mass is 35.5. The molecule has 0 amide bonds. The first kappa shape index (κ1) is 22.3. The van der Waals surface area contributed by atoms with Gasteiger partial charge in [-0.05, 0) is 49.4 Å². The van der Waals surface area contributed by atoms with Crippen molar-refractivity contribution in [2.75, 3.05) is 41.2 Å². The van der Waals surface area contributed by atoms with Gasteiger partial charge in [-0.25, -0.2) is 17.8 Å². The predicted molar refractivity (Wildman–Crippen MR) is 122 cm³/mol. The van der Waals surface area contributed by atoms with Gasteiger partial charge in [-0.3, -0.25) is 4.72 Å². The lowest BCUT2D eigenvalue weighted by molar-refractivity contribution is 0.122. The molecule has 32 heavy (non-hydrogen) atoms. The molecule has 0 saturated carbocycles. The number of rotatable bonds is 6. The molecule has 1 aliphatic rings. The number of benzene rings is 2. The van der Waals surface area contributed by atoms with Crippen LogP contribution in [0.1, 0.15) is 5.69 Å². The van der Waals surface area contributed by atoms with Crippen LogP contribution in [0.2, 0.25) is 5.02 Å². The van der Waals surface area contributed by atoms with Gasteiger partial charge in [0.05, 0.1) is 23.1 Å². The van der Waals surface area contributed by atoms with Crippen LogP contribution in [0, 0.1) is 12.7 Å². The fourth-order valence-electron chi connectivity index (χ4n) is 3.17. The summed E-state index contributed by atoms with van der Waals surface area (Å²) < 4.78 is 46.2. The Hall–Kier alpha value is -2.95. The highest BCUT2D eigenvalue weighted by Crippen LogP contribution is 2.24. The van der Waals surface area contributed by atoms with Gasteiger partial charge in [0, 0.05) is 36.2 Å². The molecule has 2 aromatic carbocycles. The van der Waals surface area contributed by atoms with Gasteiger partial charge in [0.2, 0.25) is 5.95 Å².